The van der Waals surface area contributed by atoms with Gasteiger partial charge in [-0.2, -0.15) is 5.10 Å². The van der Waals surface area contributed by atoms with Crippen molar-refractivity contribution in [3.63, 3.8) is 0 Å². The standard InChI is InChI=1S/C28H33IN4O6S/c1-6-36-22-13-18(12-20(29)26(22)39-16(3)4)14-30-33-23(34)15-38-21-11-9-8-10-19(21)25-24(27(35)37-7-2)17(5)31-28(40)32-25/h8-14,16,25H,6-7,15H2,1-5H3,(H,33,34)(H2,31,32,40)/t25-/m0/s1. The Bertz CT molecular complexity index is 1310. The Morgan fingerprint density at radius 3 is 2.60 bits per heavy atom. The van der Waals surface area contributed by atoms with E-state index >= 15 is 0 Å². The molecule has 3 N–H and O–H groups in total. The topological polar surface area (TPSA) is 120 Å². The predicted molar refractivity (Wildman–Crippen MR) is 165 cm³/mol. The second-order valence-electron chi connectivity index (χ2n) is 8.84. The maximum atomic E-state index is 12.7. The molecule has 0 unspecified atom stereocenters. The second-order valence-corrected chi connectivity index (χ2v) is 10.4. The summed E-state index contributed by atoms with van der Waals surface area (Å²) in [5.41, 5.74) is 4.81. The number of hydrogen-bond donors (Lipinski definition) is 3. The summed E-state index contributed by atoms with van der Waals surface area (Å²) in [6, 6.07) is 10.2. The van der Waals surface area contributed by atoms with Crippen LogP contribution < -0.4 is 30.3 Å². The molecule has 10 nitrogen and oxygen atoms in total. The molecule has 1 aliphatic heterocycles. The number of nitrogens with zero attached hydrogens (tertiary/aromatic N) is 1. The summed E-state index contributed by atoms with van der Waals surface area (Å²) in [6.45, 7) is 9.70. The largest absolute Gasteiger partial charge is 0.490 e. The maximum Gasteiger partial charge on any atom is 0.338 e. The summed E-state index contributed by atoms with van der Waals surface area (Å²) in [7, 11) is 0. The molecule has 0 aliphatic carbocycles. The number of hydrazone groups is 1. The molecule has 0 saturated heterocycles. The number of thiocarbonyl (C=S) groups is 1. The molecular formula is C28H33IN4O6S. The molecule has 0 fully saturated rings. The van der Waals surface area contributed by atoms with Gasteiger partial charge >= 0.3 is 5.97 Å². The molecule has 1 heterocycles. The molecule has 1 atom stereocenters. The van der Waals surface area contributed by atoms with E-state index in [1.54, 1.807) is 38.1 Å². The summed E-state index contributed by atoms with van der Waals surface area (Å²) < 4.78 is 23.6. The highest BCUT2D eigenvalue weighted by molar-refractivity contribution is 14.1. The van der Waals surface area contributed by atoms with Gasteiger partial charge in [0.25, 0.3) is 5.91 Å². The van der Waals surface area contributed by atoms with Crippen LogP contribution in [0.15, 0.2) is 52.8 Å². The Morgan fingerprint density at radius 2 is 1.90 bits per heavy atom. The van der Waals surface area contributed by atoms with Gasteiger partial charge in [0.05, 0.1) is 40.7 Å². The SMILES string of the molecule is CCOC(=O)C1=C(C)NC(=S)N[C@H]1c1ccccc1OCC(=O)NN=Cc1cc(I)c(OC(C)C)c(OCC)c1. The van der Waals surface area contributed by atoms with Gasteiger partial charge in [0, 0.05) is 11.3 Å². The number of hydrogen-bond acceptors (Lipinski definition) is 8. The molecule has 0 saturated carbocycles. The molecule has 12 heteroatoms. The second kappa shape index (κ2) is 14.8. The highest BCUT2D eigenvalue weighted by Gasteiger charge is 2.32. The smallest absolute Gasteiger partial charge is 0.338 e. The zero-order valence-electron chi connectivity index (χ0n) is 23.0. The van der Waals surface area contributed by atoms with Gasteiger partial charge in [0.1, 0.15) is 5.75 Å². The zero-order valence-corrected chi connectivity index (χ0v) is 26.0. The van der Waals surface area contributed by atoms with Crippen molar-refractivity contribution >= 4 is 58.0 Å². The molecular weight excluding hydrogens is 647 g/mol. The van der Waals surface area contributed by atoms with E-state index in [2.05, 4.69) is 43.8 Å². The number of carbonyl (C=O) groups excluding carboxylic acids is 2. The first kappa shape index (κ1) is 31.1. The van der Waals surface area contributed by atoms with Gasteiger partial charge in [-0.05, 0) is 93.2 Å². The molecule has 2 aromatic rings. The summed E-state index contributed by atoms with van der Waals surface area (Å²) in [5, 5.41) is 10.5. The van der Waals surface area contributed by atoms with E-state index in [9.17, 15) is 9.59 Å². The molecule has 1 amide bonds. The molecule has 1 aliphatic rings. The van der Waals surface area contributed by atoms with E-state index in [1.807, 2.05) is 32.9 Å². The van der Waals surface area contributed by atoms with Crippen LogP contribution in [0.5, 0.6) is 17.2 Å². The lowest BCUT2D eigenvalue weighted by Crippen LogP contribution is -2.45. The van der Waals surface area contributed by atoms with Crippen LogP contribution in [0, 0.1) is 3.57 Å². The van der Waals surface area contributed by atoms with Crippen molar-refractivity contribution in [1.82, 2.24) is 16.1 Å². The van der Waals surface area contributed by atoms with Crippen LogP contribution in [0.25, 0.3) is 0 Å². The zero-order chi connectivity index (χ0) is 29.2. The fraction of sp³-hybridized carbons (Fsp3) is 0.357. The molecule has 0 bridgehead atoms. The monoisotopic (exact) mass is 680 g/mol. The number of amides is 1. The Morgan fingerprint density at radius 1 is 1.15 bits per heavy atom. The fourth-order valence-corrected chi connectivity index (χ4v) is 4.91. The lowest BCUT2D eigenvalue weighted by molar-refractivity contribution is -0.139. The molecule has 2 aromatic carbocycles. The van der Waals surface area contributed by atoms with Crippen LogP contribution in [0.2, 0.25) is 0 Å². The summed E-state index contributed by atoms with van der Waals surface area (Å²) >= 11 is 7.49. The Hall–Kier alpha value is -3.39. The number of esters is 1. The Kier molecular flexibility index (Phi) is 11.6. The number of carbonyl (C=O) groups is 2. The lowest BCUT2D eigenvalue weighted by atomic mass is 9.95. The minimum absolute atomic E-state index is 0.00406. The molecule has 3 rings (SSSR count). The third kappa shape index (κ3) is 8.31. The number of benzene rings is 2. The lowest BCUT2D eigenvalue weighted by Gasteiger charge is -2.30. The van der Waals surface area contributed by atoms with E-state index in [1.165, 1.54) is 6.21 Å². The normalized spacial score (nSPS) is 15.0. The molecule has 0 spiro atoms. The molecule has 40 heavy (non-hydrogen) atoms. The van der Waals surface area contributed by atoms with Crippen LogP contribution in [0.3, 0.4) is 0 Å². The summed E-state index contributed by atoms with van der Waals surface area (Å²) in [6.07, 6.45) is 1.52. The van der Waals surface area contributed by atoms with E-state index in [0.29, 0.717) is 45.8 Å². The van der Waals surface area contributed by atoms with Crippen LogP contribution >= 0.6 is 34.8 Å². The van der Waals surface area contributed by atoms with Crippen molar-refractivity contribution in [2.24, 2.45) is 5.10 Å². The van der Waals surface area contributed by atoms with E-state index in [4.69, 9.17) is 31.2 Å². The number of para-hydroxylation sites is 1. The van der Waals surface area contributed by atoms with E-state index in [0.717, 1.165) is 9.13 Å². The number of ether oxygens (including phenoxy) is 4. The van der Waals surface area contributed by atoms with Crippen LogP contribution in [-0.2, 0) is 14.3 Å². The first-order chi connectivity index (χ1) is 19.1. The van der Waals surface area contributed by atoms with E-state index in [-0.39, 0.29) is 19.3 Å². The minimum atomic E-state index is -0.616. The maximum absolute atomic E-state index is 12.7. The highest BCUT2D eigenvalue weighted by atomic mass is 127. The minimum Gasteiger partial charge on any atom is -0.490 e. The Balaban J connectivity index is 1.70. The number of allylic oxidation sites excluding steroid dienone is 1. The van der Waals surface area contributed by atoms with Gasteiger partial charge in [-0.25, -0.2) is 10.2 Å². The molecule has 0 radical (unpaired) electrons. The average molecular weight is 681 g/mol. The van der Waals surface area contributed by atoms with Crippen molar-refractivity contribution in [1.29, 1.82) is 0 Å². The van der Waals surface area contributed by atoms with Crippen molar-refractivity contribution in [2.45, 2.75) is 46.8 Å². The van der Waals surface area contributed by atoms with Gasteiger partial charge in [-0.1, -0.05) is 18.2 Å². The van der Waals surface area contributed by atoms with Crippen molar-refractivity contribution in [3.05, 3.63) is 62.4 Å². The molecule has 214 valence electrons. The fourth-order valence-electron chi connectivity index (χ4n) is 3.89. The number of nitrogens with one attached hydrogen (secondary N) is 3. The van der Waals surface area contributed by atoms with E-state index < -0.39 is 17.9 Å². The third-order valence-corrected chi connectivity index (χ3v) is 6.46. The first-order valence-corrected chi connectivity index (χ1v) is 14.2. The highest BCUT2D eigenvalue weighted by Crippen LogP contribution is 2.35. The summed E-state index contributed by atoms with van der Waals surface area (Å²) in [5.74, 6) is 0.756. The van der Waals surface area contributed by atoms with Crippen molar-refractivity contribution in [2.75, 3.05) is 19.8 Å². The average Bonchev–Trinajstić information content (AvgIpc) is 2.89. The number of rotatable bonds is 12. The first-order valence-electron chi connectivity index (χ1n) is 12.8. The van der Waals surface area contributed by atoms with Gasteiger partial charge in [0.2, 0.25) is 0 Å². The van der Waals surface area contributed by atoms with Crippen molar-refractivity contribution in [3.8, 4) is 17.2 Å². The third-order valence-electron chi connectivity index (χ3n) is 5.44. The van der Waals surface area contributed by atoms with Crippen LogP contribution in [-0.4, -0.2) is 49.1 Å². The van der Waals surface area contributed by atoms with Gasteiger partial charge < -0.3 is 29.6 Å². The van der Waals surface area contributed by atoms with Gasteiger partial charge in [-0.15, -0.1) is 0 Å². The van der Waals surface area contributed by atoms with Gasteiger partial charge in [0.15, 0.2) is 23.2 Å². The quantitative estimate of drug-likeness (QED) is 0.0988. The summed E-state index contributed by atoms with van der Waals surface area (Å²) in [4.78, 5) is 25.3. The Labute approximate surface area is 253 Å². The van der Waals surface area contributed by atoms with Crippen molar-refractivity contribution < 1.29 is 28.5 Å². The number of halogens is 1. The van der Waals surface area contributed by atoms with Crippen LogP contribution in [0.1, 0.15) is 51.8 Å². The molecule has 0 aromatic heterocycles. The predicted octanol–water partition coefficient (Wildman–Crippen LogP) is 4.36. The van der Waals surface area contributed by atoms with Crippen LogP contribution in [0.4, 0.5) is 0 Å². The van der Waals surface area contributed by atoms with Gasteiger partial charge in [-0.3, -0.25) is 4.79 Å².